The lowest BCUT2D eigenvalue weighted by Gasteiger charge is -2.19. The molecular weight excluding hydrogens is 392 g/mol. The fraction of sp³-hybridized carbons (Fsp3) is 0.261. The number of anilines is 1. The minimum atomic E-state index is 0.471. The molecule has 0 bridgehead atoms. The Morgan fingerprint density at radius 3 is 3.00 bits per heavy atom. The van der Waals surface area contributed by atoms with Gasteiger partial charge in [-0.25, -0.2) is 4.31 Å². The summed E-state index contributed by atoms with van der Waals surface area (Å²) in [5, 5.41) is 27.3. The molecule has 152 valence electrons. The molecule has 1 aliphatic rings. The van der Waals surface area contributed by atoms with Crippen molar-refractivity contribution in [2.24, 2.45) is 5.92 Å². The highest BCUT2D eigenvalue weighted by molar-refractivity contribution is 7.97. The van der Waals surface area contributed by atoms with Gasteiger partial charge in [-0.1, -0.05) is 12.1 Å². The van der Waals surface area contributed by atoms with E-state index in [9.17, 15) is 0 Å². The molecule has 6 nitrogen and oxygen atoms in total. The van der Waals surface area contributed by atoms with Crippen molar-refractivity contribution in [3.05, 3.63) is 66.0 Å². The van der Waals surface area contributed by atoms with Crippen molar-refractivity contribution in [1.82, 2.24) is 14.5 Å². The number of benzene rings is 2. The summed E-state index contributed by atoms with van der Waals surface area (Å²) in [6, 6.07) is 16.6. The molecule has 0 aliphatic carbocycles. The van der Waals surface area contributed by atoms with Crippen molar-refractivity contribution >= 4 is 23.8 Å². The summed E-state index contributed by atoms with van der Waals surface area (Å²) < 4.78 is 2.41. The molecule has 1 fully saturated rings. The van der Waals surface area contributed by atoms with E-state index in [-0.39, 0.29) is 0 Å². The van der Waals surface area contributed by atoms with E-state index in [0.717, 1.165) is 46.8 Å². The van der Waals surface area contributed by atoms with Crippen LogP contribution in [0, 0.1) is 22.7 Å². The van der Waals surface area contributed by atoms with Gasteiger partial charge in [0, 0.05) is 53.3 Å². The summed E-state index contributed by atoms with van der Waals surface area (Å²) in [6.45, 7) is 4.11. The number of nitrogens with one attached hydrogen (secondary N) is 3. The highest BCUT2D eigenvalue weighted by atomic mass is 32.2. The van der Waals surface area contributed by atoms with Gasteiger partial charge in [0.1, 0.15) is 0 Å². The molecule has 2 heterocycles. The average Bonchev–Trinajstić information content (AvgIpc) is 3.43. The topological polar surface area (TPSA) is 91.6 Å². The summed E-state index contributed by atoms with van der Waals surface area (Å²) >= 11 is 1.73. The number of nitrogens with zero attached hydrogens (tertiary/aromatic N) is 3. The SMILES string of the molecule is C[C@H]1CC(CNc2ccc(-c3cn[nH]c3)cc2C=N)CN1Sc1cccc(C#N)c1. The van der Waals surface area contributed by atoms with Crippen molar-refractivity contribution in [3.63, 3.8) is 0 Å². The smallest absolute Gasteiger partial charge is 0.0992 e. The second-order valence-corrected chi connectivity index (χ2v) is 8.72. The number of nitriles is 1. The average molecular weight is 417 g/mol. The van der Waals surface area contributed by atoms with E-state index >= 15 is 0 Å². The summed E-state index contributed by atoms with van der Waals surface area (Å²) in [7, 11) is 0. The minimum absolute atomic E-state index is 0.471. The van der Waals surface area contributed by atoms with Crippen LogP contribution in [-0.2, 0) is 0 Å². The van der Waals surface area contributed by atoms with Gasteiger partial charge in [0.05, 0.1) is 17.8 Å². The van der Waals surface area contributed by atoms with Gasteiger partial charge >= 0.3 is 0 Å². The zero-order chi connectivity index (χ0) is 20.9. The molecule has 0 amide bonds. The van der Waals surface area contributed by atoms with E-state index in [4.69, 9.17) is 10.7 Å². The van der Waals surface area contributed by atoms with E-state index in [0.29, 0.717) is 17.5 Å². The predicted molar refractivity (Wildman–Crippen MR) is 122 cm³/mol. The fourth-order valence-electron chi connectivity index (χ4n) is 3.83. The Kier molecular flexibility index (Phi) is 6.17. The molecule has 3 aromatic rings. The summed E-state index contributed by atoms with van der Waals surface area (Å²) in [5.74, 6) is 0.527. The van der Waals surface area contributed by atoms with Crippen LogP contribution in [0.1, 0.15) is 24.5 Å². The molecule has 2 atom stereocenters. The van der Waals surface area contributed by atoms with Crippen LogP contribution in [0.3, 0.4) is 0 Å². The first-order chi connectivity index (χ1) is 14.7. The van der Waals surface area contributed by atoms with E-state index < -0.39 is 0 Å². The normalized spacial score (nSPS) is 18.8. The Morgan fingerprint density at radius 2 is 2.23 bits per heavy atom. The number of rotatable bonds is 7. The Bertz CT molecular complexity index is 1060. The second kappa shape index (κ2) is 9.16. The van der Waals surface area contributed by atoms with Crippen LogP contribution >= 0.6 is 11.9 Å². The van der Waals surface area contributed by atoms with Gasteiger partial charge in [-0.15, -0.1) is 0 Å². The standard InChI is InChI=1S/C23H24N6S/c1-16-7-18(15-29(16)30-22-4-2-3-17(8-22)10-24)12-26-23-6-5-19(9-20(23)11-25)21-13-27-28-14-21/h2-6,8-9,11,13-14,16,18,25-26H,7,12,15H2,1H3,(H,27,28)/t16-,18?/m0/s1. The molecule has 2 aromatic carbocycles. The summed E-state index contributed by atoms with van der Waals surface area (Å²) in [4.78, 5) is 1.11. The maximum atomic E-state index is 9.11. The van der Waals surface area contributed by atoms with E-state index in [1.54, 1.807) is 18.1 Å². The molecule has 0 radical (unpaired) electrons. The third-order valence-electron chi connectivity index (χ3n) is 5.41. The maximum Gasteiger partial charge on any atom is 0.0992 e. The lowest BCUT2D eigenvalue weighted by molar-refractivity contribution is 0.464. The summed E-state index contributed by atoms with van der Waals surface area (Å²) in [6.07, 6.45) is 6.15. The quantitative estimate of drug-likeness (QED) is 0.381. The second-order valence-electron chi connectivity index (χ2n) is 7.60. The van der Waals surface area contributed by atoms with Crippen LogP contribution in [0.4, 0.5) is 5.69 Å². The fourth-order valence-corrected chi connectivity index (χ4v) is 4.97. The van der Waals surface area contributed by atoms with Gasteiger partial charge in [-0.3, -0.25) is 5.10 Å². The van der Waals surface area contributed by atoms with Crippen LogP contribution in [0.25, 0.3) is 11.1 Å². The third kappa shape index (κ3) is 4.56. The molecule has 30 heavy (non-hydrogen) atoms. The first kappa shape index (κ1) is 20.2. The first-order valence-corrected chi connectivity index (χ1v) is 10.8. The molecule has 1 aromatic heterocycles. The largest absolute Gasteiger partial charge is 0.384 e. The van der Waals surface area contributed by atoms with Crippen LogP contribution in [0.5, 0.6) is 0 Å². The molecule has 1 unspecified atom stereocenters. The molecule has 4 rings (SSSR count). The Labute approximate surface area is 181 Å². The van der Waals surface area contributed by atoms with Gasteiger partial charge in [-0.05, 0) is 67.1 Å². The van der Waals surface area contributed by atoms with E-state index in [2.05, 4.69) is 44.9 Å². The van der Waals surface area contributed by atoms with Crippen LogP contribution < -0.4 is 5.32 Å². The maximum absolute atomic E-state index is 9.11. The monoisotopic (exact) mass is 416 g/mol. The predicted octanol–water partition coefficient (Wildman–Crippen LogP) is 4.78. The van der Waals surface area contributed by atoms with Crippen molar-refractivity contribution in [1.29, 1.82) is 10.7 Å². The lowest BCUT2D eigenvalue weighted by Crippen LogP contribution is -2.20. The number of aromatic nitrogens is 2. The van der Waals surface area contributed by atoms with Gasteiger partial charge in [-0.2, -0.15) is 10.4 Å². The van der Waals surface area contributed by atoms with E-state index in [1.807, 2.05) is 36.5 Å². The van der Waals surface area contributed by atoms with Crippen molar-refractivity contribution < 1.29 is 0 Å². The zero-order valence-electron chi connectivity index (χ0n) is 16.8. The van der Waals surface area contributed by atoms with Gasteiger partial charge in [0.15, 0.2) is 0 Å². The van der Waals surface area contributed by atoms with Gasteiger partial charge in [0.2, 0.25) is 0 Å². The van der Waals surface area contributed by atoms with Crippen LogP contribution in [-0.4, -0.2) is 39.8 Å². The van der Waals surface area contributed by atoms with Gasteiger partial charge < -0.3 is 10.7 Å². The van der Waals surface area contributed by atoms with Crippen LogP contribution in [0.15, 0.2) is 59.8 Å². The number of aromatic amines is 1. The summed E-state index contributed by atoms with van der Waals surface area (Å²) in [5.41, 5.74) is 4.62. The molecule has 1 saturated heterocycles. The third-order valence-corrected chi connectivity index (χ3v) is 6.62. The highest BCUT2D eigenvalue weighted by Crippen LogP contribution is 2.34. The number of H-pyrrole nitrogens is 1. The molecule has 3 N–H and O–H groups in total. The number of hydrogen-bond donors (Lipinski definition) is 3. The molecule has 7 heteroatoms. The Balaban J connectivity index is 1.37. The van der Waals surface area contributed by atoms with Crippen LogP contribution in [0.2, 0.25) is 0 Å². The highest BCUT2D eigenvalue weighted by Gasteiger charge is 2.29. The number of hydrogen-bond acceptors (Lipinski definition) is 6. The molecule has 1 aliphatic heterocycles. The first-order valence-electron chi connectivity index (χ1n) is 9.98. The van der Waals surface area contributed by atoms with Crippen molar-refractivity contribution in [2.45, 2.75) is 24.3 Å². The molecule has 0 saturated carbocycles. The van der Waals surface area contributed by atoms with Crippen molar-refractivity contribution in [2.75, 3.05) is 18.4 Å². The Hall–Kier alpha value is -3.08. The molecular formula is C23H24N6S. The minimum Gasteiger partial charge on any atom is -0.384 e. The Morgan fingerprint density at radius 1 is 1.33 bits per heavy atom. The van der Waals surface area contributed by atoms with Gasteiger partial charge in [0.25, 0.3) is 0 Å². The zero-order valence-corrected chi connectivity index (χ0v) is 17.6. The molecule has 0 spiro atoms. The van der Waals surface area contributed by atoms with E-state index in [1.165, 1.54) is 6.21 Å². The van der Waals surface area contributed by atoms with Crippen molar-refractivity contribution in [3.8, 4) is 17.2 Å². The lowest BCUT2D eigenvalue weighted by atomic mass is 10.0.